The van der Waals surface area contributed by atoms with Crippen LogP contribution in [0.25, 0.3) is 20.8 Å². The van der Waals surface area contributed by atoms with Gasteiger partial charge in [-0.1, -0.05) is 6.08 Å². The summed E-state index contributed by atoms with van der Waals surface area (Å²) >= 11 is 4.24. The van der Waals surface area contributed by atoms with Crippen LogP contribution in [0.2, 0.25) is 0 Å². The van der Waals surface area contributed by atoms with Crippen molar-refractivity contribution in [3.8, 4) is 5.75 Å². The SMILES string of the molecule is CCN1C(=O)/C(=c2/s/c(=C3/C=CC=CN3C)c(=O)n2CC)S/C1=N/c1sc2cc(OC)ccc2[n+]1C.[Cl-]. The third-order valence-corrected chi connectivity index (χ3v) is 9.56. The third-order valence-electron chi connectivity index (χ3n) is 6.07. The lowest BCUT2D eigenvalue weighted by Gasteiger charge is -2.16. The van der Waals surface area contributed by atoms with Crippen LogP contribution in [0.4, 0.5) is 5.13 Å². The van der Waals surface area contributed by atoms with Gasteiger partial charge in [0.2, 0.25) is 0 Å². The fourth-order valence-electron chi connectivity index (χ4n) is 4.11. The van der Waals surface area contributed by atoms with Gasteiger partial charge >= 0.3 is 5.13 Å². The molecule has 37 heavy (non-hydrogen) atoms. The summed E-state index contributed by atoms with van der Waals surface area (Å²) in [6.07, 6.45) is 7.68. The molecule has 0 atom stereocenters. The van der Waals surface area contributed by atoms with Crippen molar-refractivity contribution in [2.75, 3.05) is 20.7 Å². The number of amidine groups is 1. The first kappa shape index (κ1) is 27.2. The molecule has 0 radical (unpaired) electrons. The maximum Gasteiger partial charge on any atom is 0.385 e. The van der Waals surface area contributed by atoms with Gasteiger partial charge in [-0.2, -0.15) is 0 Å². The summed E-state index contributed by atoms with van der Waals surface area (Å²) in [6.45, 7) is 4.82. The number of benzene rings is 1. The number of aliphatic imine (C=N–C) groups is 1. The molecule has 0 aliphatic carbocycles. The number of halogens is 1. The van der Waals surface area contributed by atoms with Crippen molar-refractivity contribution in [1.82, 2.24) is 14.4 Å². The van der Waals surface area contributed by atoms with Crippen LogP contribution in [0, 0.1) is 0 Å². The molecule has 0 N–H and O–H groups in total. The average Bonchev–Trinajstić information content (AvgIpc) is 3.49. The molecule has 0 saturated carbocycles. The number of nitrogens with zero attached hydrogens (tertiary/aromatic N) is 5. The van der Waals surface area contributed by atoms with Gasteiger partial charge in [-0.3, -0.25) is 19.1 Å². The van der Waals surface area contributed by atoms with Gasteiger partial charge in [0.15, 0.2) is 0 Å². The molecule has 1 amide bonds. The number of allylic oxidation sites excluding steroid dienone is 2. The van der Waals surface area contributed by atoms with Crippen molar-refractivity contribution >= 4 is 71.5 Å². The summed E-state index contributed by atoms with van der Waals surface area (Å²) in [5.41, 5.74) is 1.78. The fourth-order valence-corrected chi connectivity index (χ4v) is 7.71. The Morgan fingerprint density at radius 3 is 2.57 bits per heavy atom. The standard InChI is InChI=1S/C25H26N5O3S3.ClH/c1-6-29-21(31)19(17-10-8-9-13-27(17)3)35-23(29)20-22(32)30(7-2)25(36-20)26-24-28(4)16-12-11-15(33-5)14-18(16)34-24;/h8-14H,6-7H2,1-5H3;1H/q+1;/p-1/b19-17-,23-20-;. The van der Waals surface area contributed by atoms with E-state index in [9.17, 15) is 9.59 Å². The van der Waals surface area contributed by atoms with Crippen LogP contribution in [-0.2, 0) is 18.4 Å². The van der Waals surface area contributed by atoms with Crippen molar-refractivity contribution in [1.29, 1.82) is 0 Å². The quantitative estimate of drug-likeness (QED) is 0.392. The van der Waals surface area contributed by atoms with E-state index < -0.39 is 0 Å². The highest BCUT2D eigenvalue weighted by atomic mass is 35.5. The molecule has 1 aromatic carbocycles. The summed E-state index contributed by atoms with van der Waals surface area (Å²) in [7, 11) is 5.53. The normalized spacial score (nSPS) is 19.4. The molecule has 3 aromatic rings. The van der Waals surface area contributed by atoms with Gasteiger partial charge in [-0.25, -0.2) is 4.57 Å². The number of amides is 1. The van der Waals surface area contributed by atoms with Crippen molar-refractivity contribution in [3.05, 3.63) is 62.2 Å². The topological polar surface area (TPSA) is 71.0 Å². The molecule has 194 valence electrons. The summed E-state index contributed by atoms with van der Waals surface area (Å²) in [4.78, 5) is 35.9. The summed E-state index contributed by atoms with van der Waals surface area (Å²) in [5, 5.41) is 1.39. The van der Waals surface area contributed by atoms with Crippen LogP contribution in [0.15, 0.2) is 52.4 Å². The lowest BCUT2D eigenvalue weighted by atomic mass is 10.3. The van der Waals surface area contributed by atoms with E-state index in [0.717, 1.165) is 26.8 Å². The van der Waals surface area contributed by atoms with Crippen molar-refractivity contribution in [2.45, 2.75) is 20.4 Å². The number of aryl methyl sites for hydroxylation is 1. The highest BCUT2D eigenvalue weighted by Crippen LogP contribution is 2.35. The summed E-state index contributed by atoms with van der Waals surface area (Å²) in [5.74, 6) is 0.664. The average molecular weight is 576 g/mol. The van der Waals surface area contributed by atoms with E-state index in [1.807, 2.05) is 80.0 Å². The van der Waals surface area contributed by atoms with Gasteiger partial charge in [0.05, 0.1) is 24.6 Å². The molecule has 1 saturated heterocycles. The lowest BCUT2D eigenvalue weighted by molar-refractivity contribution is -0.627. The lowest BCUT2D eigenvalue weighted by Crippen LogP contribution is -3.00. The van der Waals surface area contributed by atoms with Crippen LogP contribution in [0.3, 0.4) is 0 Å². The Kier molecular flexibility index (Phi) is 7.98. The van der Waals surface area contributed by atoms with Gasteiger partial charge in [0.25, 0.3) is 16.6 Å². The van der Waals surface area contributed by atoms with E-state index in [2.05, 4.69) is 0 Å². The highest BCUT2D eigenvalue weighted by Gasteiger charge is 2.38. The minimum atomic E-state index is -0.126. The monoisotopic (exact) mass is 575 g/mol. The van der Waals surface area contributed by atoms with Crippen molar-refractivity contribution in [2.24, 2.45) is 12.0 Å². The minimum absolute atomic E-state index is 0. The van der Waals surface area contributed by atoms with Gasteiger partial charge in [0.1, 0.15) is 25.4 Å². The zero-order valence-corrected chi connectivity index (χ0v) is 24.2. The highest BCUT2D eigenvalue weighted by molar-refractivity contribution is 8.23. The number of fused-ring (bicyclic) bond motifs is 1. The Morgan fingerprint density at radius 2 is 1.89 bits per heavy atom. The summed E-state index contributed by atoms with van der Waals surface area (Å²) in [6, 6.07) is 5.92. The van der Waals surface area contributed by atoms with E-state index >= 15 is 0 Å². The van der Waals surface area contributed by atoms with E-state index in [1.54, 1.807) is 27.9 Å². The Morgan fingerprint density at radius 1 is 1.11 bits per heavy atom. The van der Waals surface area contributed by atoms with Crippen molar-refractivity contribution < 1.29 is 26.5 Å². The van der Waals surface area contributed by atoms with Crippen LogP contribution in [0.1, 0.15) is 13.8 Å². The van der Waals surface area contributed by atoms with Crippen LogP contribution < -0.4 is 36.5 Å². The first-order valence-corrected chi connectivity index (χ1v) is 13.9. The molecule has 1 fully saturated rings. The molecule has 5 rings (SSSR count). The Labute approximate surface area is 232 Å². The fraction of sp³-hybridized carbons (Fsp3) is 0.280. The zero-order chi connectivity index (χ0) is 25.6. The van der Waals surface area contributed by atoms with Gasteiger partial charge in [-0.05, 0) is 66.2 Å². The Bertz CT molecular complexity index is 1660. The maximum absolute atomic E-state index is 13.5. The second-order valence-electron chi connectivity index (χ2n) is 8.13. The number of methoxy groups -OCH3 is 1. The molecule has 2 aliphatic rings. The van der Waals surface area contributed by atoms with Crippen molar-refractivity contribution in [3.63, 3.8) is 0 Å². The minimum Gasteiger partial charge on any atom is -1.00 e. The second kappa shape index (κ2) is 10.9. The number of thiazole rings is 2. The number of thioether (sulfide) groups is 1. The zero-order valence-electron chi connectivity index (χ0n) is 21.0. The molecule has 8 nitrogen and oxygen atoms in total. The van der Waals surface area contributed by atoms with Gasteiger partial charge in [0, 0.05) is 32.4 Å². The number of aromatic nitrogens is 2. The van der Waals surface area contributed by atoms with E-state index in [-0.39, 0.29) is 23.9 Å². The van der Waals surface area contributed by atoms with Crippen LogP contribution in [0.5, 0.6) is 5.75 Å². The van der Waals surface area contributed by atoms with E-state index in [4.69, 9.17) is 9.73 Å². The first-order chi connectivity index (χ1) is 17.4. The number of rotatable bonds is 4. The summed E-state index contributed by atoms with van der Waals surface area (Å²) < 4.78 is 11.4. The van der Waals surface area contributed by atoms with Crippen LogP contribution >= 0.6 is 34.4 Å². The van der Waals surface area contributed by atoms with Gasteiger partial charge in [-0.15, -0.1) is 11.3 Å². The molecular weight excluding hydrogens is 550 g/mol. The number of carbonyl (C=O) groups is 1. The molecule has 0 unspecified atom stereocenters. The molecule has 12 heteroatoms. The maximum atomic E-state index is 13.5. The molecule has 4 heterocycles. The molecule has 0 bridgehead atoms. The molecule has 0 spiro atoms. The number of carbonyl (C=O) groups excluding carboxylic acids is 1. The first-order valence-electron chi connectivity index (χ1n) is 11.5. The smallest absolute Gasteiger partial charge is 0.385 e. The molecule has 2 aliphatic heterocycles. The van der Waals surface area contributed by atoms with E-state index in [0.29, 0.717) is 32.4 Å². The molecular formula is C25H26ClN5O3S3. The van der Waals surface area contributed by atoms with Crippen LogP contribution in [-0.4, -0.2) is 46.1 Å². The number of ether oxygens (including phenoxy) is 1. The third kappa shape index (κ3) is 4.65. The molecule has 2 aromatic heterocycles. The predicted octanol–water partition coefficient (Wildman–Crippen LogP) is -0.504. The number of likely N-dealkylation sites (N-methyl/N-ethyl adjacent to an activating group) is 1. The predicted molar refractivity (Wildman–Crippen MR) is 148 cm³/mol. The van der Waals surface area contributed by atoms with E-state index in [1.165, 1.54) is 23.1 Å². The second-order valence-corrected chi connectivity index (χ2v) is 11.1. The largest absolute Gasteiger partial charge is 1.00 e. The number of hydrogen-bond donors (Lipinski definition) is 0. The Hall–Kier alpha value is -2.86. The van der Waals surface area contributed by atoms with Gasteiger partial charge < -0.3 is 22.0 Å². The number of hydrogen-bond acceptors (Lipinski definition) is 8. The Balaban J connectivity index is 0.00000320.